The van der Waals surface area contributed by atoms with E-state index in [-0.39, 0.29) is 18.4 Å². The SMILES string of the molecule is CC1Oc2ccc(-c3csc(NC(=O)COc4ccccc4Cl)n3)cc2NC1=O. The molecule has 2 N–H and O–H groups in total. The fraction of sp³-hybridized carbons (Fsp3) is 0.150. The van der Waals surface area contributed by atoms with Crippen LogP contribution < -0.4 is 20.1 Å². The lowest BCUT2D eigenvalue weighted by molar-refractivity contribution is -0.122. The second kappa shape index (κ2) is 8.10. The van der Waals surface area contributed by atoms with E-state index in [2.05, 4.69) is 15.6 Å². The number of fused-ring (bicyclic) bond motifs is 1. The molecular formula is C20H16ClN3O4S. The van der Waals surface area contributed by atoms with Crippen LogP contribution in [0, 0.1) is 0 Å². The average Bonchev–Trinajstić information content (AvgIpc) is 3.16. The first-order valence-electron chi connectivity index (χ1n) is 8.74. The number of nitrogens with one attached hydrogen (secondary N) is 2. The Morgan fingerprint density at radius 1 is 1.34 bits per heavy atom. The van der Waals surface area contributed by atoms with E-state index in [0.717, 1.165) is 5.56 Å². The molecule has 0 radical (unpaired) electrons. The molecule has 148 valence electrons. The molecule has 2 amide bonds. The van der Waals surface area contributed by atoms with E-state index in [1.165, 1.54) is 11.3 Å². The summed E-state index contributed by atoms with van der Waals surface area (Å²) < 4.78 is 11.0. The van der Waals surface area contributed by atoms with Gasteiger partial charge in [0.2, 0.25) is 0 Å². The Kier molecular flexibility index (Phi) is 5.37. The molecule has 1 aromatic heterocycles. The topological polar surface area (TPSA) is 89.6 Å². The fourth-order valence-corrected chi connectivity index (χ4v) is 3.62. The minimum atomic E-state index is -0.526. The summed E-state index contributed by atoms with van der Waals surface area (Å²) in [4.78, 5) is 28.3. The van der Waals surface area contributed by atoms with E-state index in [9.17, 15) is 9.59 Å². The summed E-state index contributed by atoms with van der Waals surface area (Å²) in [5.41, 5.74) is 2.07. The van der Waals surface area contributed by atoms with E-state index in [4.69, 9.17) is 21.1 Å². The van der Waals surface area contributed by atoms with Gasteiger partial charge >= 0.3 is 0 Å². The van der Waals surface area contributed by atoms with Crippen LogP contribution in [0.2, 0.25) is 5.02 Å². The number of thiazole rings is 1. The predicted octanol–water partition coefficient (Wildman–Crippen LogP) is 4.20. The number of carbonyl (C=O) groups is 2. The lowest BCUT2D eigenvalue weighted by Crippen LogP contribution is -2.34. The number of hydrogen-bond acceptors (Lipinski definition) is 6. The van der Waals surface area contributed by atoms with Gasteiger partial charge in [-0.25, -0.2) is 4.98 Å². The van der Waals surface area contributed by atoms with Crippen molar-refractivity contribution in [3.8, 4) is 22.8 Å². The van der Waals surface area contributed by atoms with Gasteiger partial charge in [0, 0.05) is 10.9 Å². The van der Waals surface area contributed by atoms with Crippen LogP contribution in [0.15, 0.2) is 47.8 Å². The smallest absolute Gasteiger partial charge is 0.265 e. The molecule has 0 fully saturated rings. The molecule has 0 bridgehead atoms. The van der Waals surface area contributed by atoms with E-state index in [0.29, 0.717) is 33.0 Å². The highest BCUT2D eigenvalue weighted by Gasteiger charge is 2.24. The van der Waals surface area contributed by atoms with Crippen LogP contribution in [0.25, 0.3) is 11.3 Å². The molecule has 1 unspecified atom stereocenters. The predicted molar refractivity (Wildman–Crippen MR) is 112 cm³/mol. The van der Waals surface area contributed by atoms with Gasteiger partial charge in [-0.3, -0.25) is 14.9 Å². The number of amides is 2. The molecule has 1 aliphatic rings. The minimum Gasteiger partial charge on any atom is -0.482 e. The highest BCUT2D eigenvalue weighted by Crippen LogP contribution is 2.35. The third-order valence-corrected chi connectivity index (χ3v) is 5.22. The number of rotatable bonds is 5. The van der Waals surface area contributed by atoms with Crippen molar-refractivity contribution < 1.29 is 19.1 Å². The minimum absolute atomic E-state index is 0.182. The third kappa shape index (κ3) is 4.33. The van der Waals surface area contributed by atoms with Crippen molar-refractivity contribution in [3.05, 3.63) is 52.9 Å². The number of aromatic nitrogens is 1. The Hall–Kier alpha value is -3.10. The zero-order valence-corrected chi connectivity index (χ0v) is 16.8. The van der Waals surface area contributed by atoms with Gasteiger partial charge in [0.15, 0.2) is 17.8 Å². The van der Waals surface area contributed by atoms with Crippen molar-refractivity contribution in [2.24, 2.45) is 0 Å². The first-order chi connectivity index (χ1) is 14.0. The summed E-state index contributed by atoms with van der Waals surface area (Å²) in [6.45, 7) is 1.51. The Balaban J connectivity index is 1.41. The van der Waals surface area contributed by atoms with Crippen molar-refractivity contribution in [2.75, 3.05) is 17.2 Å². The largest absolute Gasteiger partial charge is 0.482 e. The Bertz CT molecular complexity index is 1090. The summed E-state index contributed by atoms with van der Waals surface area (Å²) in [5.74, 6) is 0.517. The van der Waals surface area contributed by atoms with Gasteiger partial charge in [0.25, 0.3) is 11.8 Å². The molecule has 2 heterocycles. The van der Waals surface area contributed by atoms with Crippen molar-refractivity contribution in [3.63, 3.8) is 0 Å². The molecule has 3 aromatic rings. The lowest BCUT2D eigenvalue weighted by atomic mass is 10.1. The van der Waals surface area contributed by atoms with Crippen LogP contribution in [0.5, 0.6) is 11.5 Å². The molecular weight excluding hydrogens is 414 g/mol. The van der Waals surface area contributed by atoms with Gasteiger partial charge in [-0.15, -0.1) is 11.3 Å². The standard InChI is InChI=1S/C20H16ClN3O4S/c1-11-19(26)22-14-8-12(6-7-17(14)28-11)15-10-29-20(23-15)24-18(25)9-27-16-5-3-2-4-13(16)21/h2-8,10-11H,9H2,1H3,(H,22,26)(H,23,24,25). The van der Waals surface area contributed by atoms with Crippen molar-refractivity contribution in [2.45, 2.75) is 13.0 Å². The monoisotopic (exact) mass is 429 g/mol. The number of ether oxygens (including phenoxy) is 2. The number of carbonyl (C=O) groups excluding carboxylic acids is 2. The highest BCUT2D eigenvalue weighted by molar-refractivity contribution is 7.14. The summed E-state index contributed by atoms with van der Waals surface area (Å²) in [6.07, 6.45) is -0.526. The van der Waals surface area contributed by atoms with Crippen LogP contribution in [-0.2, 0) is 9.59 Å². The number of anilines is 2. The molecule has 7 nitrogen and oxygen atoms in total. The van der Waals surface area contributed by atoms with Crippen LogP contribution in [0.4, 0.5) is 10.8 Å². The van der Waals surface area contributed by atoms with Crippen LogP contribution >= 0.6 is 22.9 Å². The zero-order valence-electron chi connectivity index (χ0n) is 15.3. The third-order valence-electron chi connectivity index (χ3n) is 4.15. The Morgan fingerprint density at radius 3 is 3.00 bits per heavy atom. The van der Waals surface area contributed by atoms with Crippen LogP contribution in [0.3, 0.4) is 0 Å². The van der Waals surface area contributed by atoms with Gasteiger partial charge in [-0.2, -0.15) is 0 Å². The van der Waals surface area contributed by atoms with E-state index in [1.54, 1.807) is 43.3 Å². The molecule has 29 heavy (non-hydrogen) atoms. The lowest BCUT2D eigenvalue weighted by Gasteiger charge is -2.23. The van der Waals surface area contributed by atoms with E-state index in [1.807, 2.05) is 11.4 Å². The summed E-state index contributed by atoms with van der Waals surface area (Å²) in [6, 6.07) is 12.4. The molecule has 1 atom stereocenters. The number of halogens is 1. The normalized spacial score (nSPS) is 15.1. The second-order valence-electron chi connectivity index (χ2n) is 6.27. The molecule has 0 saturated heterocycles. The highest BCUT2D eigenvalue weighted by atomic mass is 35.5. The molecule has 2 aromatic carbocycles. The summed E-state index contributed by atoms with van der Waals surface area (Å²) >= 11 is 7.30. The average molecular weight is 430 g/mol. The second-order valence-corrected chi connectivity index (χ2v) is 7.53. The number of hydrogen-bond donors (Lipinski definition) is 2. The van der Waals surface area contributed by atoms with E-state index >= 15 is 0 Å². The Labute approximate surface area is 175 Å². The van der Waals surface area contributed by atoms with Crippen molar-refractivity contribution >= 4 is 45.6 Å². The number of para-hydroxylation sites is 1. The van der Waals surface area contributed by atoms with Crippen LogP contribution in [0.1, 0.15) is 6.92 Å². The first kappa shape index (κ1) is 19.2. The van der Waals surface area contributed by atoms with Gasteiger partial charge in [0.05, 0.1) is 16.4 Å². The molecule has 4 rings (SSSR count). The van der Waals surface area contributed by atoms with Gasteiger partial charge in [-0.05, 0) is 37.3 Å². The fourth-order valence-electron chi connectivity index (χ4n) is 2.69. The summed E-state index contributed by atoms with van der Waals surface area (Å²) in [5, 5.41) is 8.22. The maximum atomic E-state index is 12.1. The first-order valence-corrected chi connectivity index (χ1v) is 10.00. The van der Waals surface area contributed by atoms with E-state index < -0.39 is 6.10 Å². The molecule has 9 heteroatoms. The Morgan fingerprint density at radius 2 is 2.17 bits per heavy atom. The zero-order chi connectivity index (χ0) is 20.4. The molecule has 1 aliphatic heterocycles. The quantitative estimate of drug-likeness (QED) is 0.634. The van der Waals surface area contributed by atoms with Crippen molar-refractivity contribution in [1.82, 2.24) is 4.98 Å². The van der Waals surface area contributed by atoms with Crippen molar-refractivity contribution in [1.29, 1.82) is 0 Å². The summed E-state index contributed by atoms with van der Waals surface area (Å²) in [7, 11) is 0. The van der Waals surface area contributed by atoms with Gasteiger partial charge in [0.1, 0.15) is 11.5 Å². The molecule has 0 aliphatic carbocycles. The molecule has 0 spiro atoms. The van der Waals surface area contributed by atoms with Gasteiger partial charge < -0.3 is 14.8 Å². The number of nitrogens with zero attached hydrogens (tertiary/aromatic N) is 1. The maximum absolute atomic E-state index is 12.1. The number of benzene rings is 2. The molecule has 0 saturated carbocycles. The van der Waals surface area contributed by atoms with Gasteiger partial charge in [-0.1, -0.05) is 23.7 Å². The maximum Gasteiger partial charge on any atom is 0.265 e. The van der Waals surface area contributed by atoms with Crippen LogP contribution in [-0.4, -0.2) is 29.5 Å².